The van der Waals surface area contributed by atoms with Crippen LogP contribution in [0.1, 0.15) is 76.0 Å². The molecule has 5 heterocycles. The Morgan fingerprint density at radius 2 is 1.89 bits per heavy atom. The minimum absolute atomic E-state index is 0.0223. The summed E-state index contributed by atoms with van der Waals surface area (Å²) in [5.41, 5.74) is 3.49. The first-order valence-electron chi connectivity index (χ1n) is 13.8. The number of anilines is 3. The van der Waals surface area contributed by atoms with Crippen molar-refractivity contribution < 1.29 is 9.53 Å². The van der Waals surface area contributed by atoms with Crippen molar-refractivity contribution in [1.82, 2.24) is 29.4 Å². The molecule has 0 bridgehead atoms. The summed E-state index contributed by atoms with van der Waals surface area (Å²) in [5, 5.41) is 16.2. The first-order valence-corrected chi connectivity index (χ1v) is 13.8. The third-order valence-electron chi connectivity index (χ3n) is 7.81. The molecule has 2 unspecified atom stereocenters. The summed E-state index contributed by atoms with van der Waals surface area (Å²) < 4.78 is 9.88. The molecule has 10 heteroatoms. The van der Waals surface area contributed by atoms with Gasteiger partial charge in [-0.3, -0.25) is 19.1 Å². The highest BCUT2D eigenvalue weighted by atomic mass is 16.5. The fourth-order valence-corrected chi connectivity index (χ4v) is 5.42. The molecule has 1 aliphatic carbocycles. The van der Waals surface area contributed by atoms with Gasteiger partial charge in [0, 0.05) is 61.1 Å². The van der Waals surface area contributed by atoms with Crippen molar-refractivity contribution in [2.75, 3.05) is 30.4 Å². The second kappa shape index (κ2) is 9.81. The lowest BCUT2D eigenvalue weighted by molar-refractivity contribution is -0.117. The summed E-state index contributed by atoms with van der Waals surface area (Å²) >= 11 is 0. The Morgan fingerprint density at radius 1 is 1.08 bits per heavy atom. The van der Waals surface area contributed by atoms with E-state index in [4.69, 9.17) is 14.9 Å². The van der Waals surface area contributed by atoms with E-state index in [1.807, 2.05) is 12.1 Å². The normalized spacial score (nSPS) is 21.9. The molecule has 1 amide bonds. The summed E-state index contributed by atoms with van der Waals surface area (Å²) in [6, 6.07) is 8.78. The van der Waals surface area contributed by atoms with Crippen LogP contribution in [-0.4, -0.2) is 55.1 Å². The number of ether oxygens (including phenoxy) is 1. The van der Waals surface area contributed by atoms with Crippen molar-refractivity contribution in [3.8, 4) is 0 Å². The molecule has 0 spiro atoms. The molecule has 38 heavy (non-hydrogen) atoms. The minimum Gasteiger partial charge on any atom is -0.379 e. The van der Waals surface area contributed by atoms with E-state index in [1.54, 1.807) is 6.20 Å². The summed E-state index contributed by atoms with van der Waals surface area (Å²) in [6.45, 7) is 12.9. The SMILES string of the molecule is CC1c2cc(Nc3cc(C(C)(C)C)n(C4CCOC4)n3)nn2CCN1Cc1ccnc(NC(=O)C2CC2)c1. The molecule has 2 atom stereocenters. The topological polar surface area (TPSA) is 102 Å². The van der Waals surface area contributed by atoms with Gasteiger partial charge in [-0.15, -0.1) is 0 Å². The molecular formula is C28H38N8O2. The largest absolute Gasteiger partial charge is 0.379 e. The monoisotopic (exact) mass is 518 g/mol. The Balaban J connectivity index is 1.15. The Bertz CT molecular complexity index is 1310. The number of hydrogen-bond donors (Lipinski definition) is 2. The average Bonchev–Trinajstić information content (AvgIpc) is 3.24. The number of carbonyl (C=O) groups is 1. The highest BCUT2D eigenvalue weighted by Gasteiger charge is 2.31. The van der Waals surface area contributed by atoms with Gasteiger partial charge < -0.3 is 15.4 Å². The zero-order valence-corrected chi connectivity index (χ0v) is 22.8. The number of rotatable bonds is 7. The van der Waals surface area contributed by atoms with Crippen molar-refractivity contribution in [3.05, 3.63) is 47.4 Å². The summed E-state index contributed by atoms with van der Waals surface area (Å²) in [7, 11) is 0. The summed E-state index contributed by atoms with van der Waals surface area (Å²) in [6.07, 6.45) is 4.73. The van der Waals surface area contributed by atoms with Crippen LogP contribution >= 0.6 is 0 Å². The molecule has 3 aromatic heterocycles. The first-order chi connectivity index (χ1) is 18.2. The van der Waals surface area contributed by atoms with Gasteiger partial charge in [0.15, 0.2) is 11.6 Å². The van der Waals surface area contributed by atoms with Crippen LogP contribution < -0.4 is 10.6 Å². The maximum Gasteiger partial charge on any atom is 0.228 e. The number of nitrogens with zero attached hydrogens (tertiary/aromatic N) is 6. The minimum atomic E-state index is -0.0223. The highest BCUT2D eigenvalue weighted by molar-refractivity contribution is 5.93. The molecule has 0 aromatic carbocycles. The van der Waals surface area contributed by atoms with Gasteiger partial charge in [0.2, 0.25) is 5.91 Å². The summed E-state index contributed by atoms with van der Waals surface area (Å²) in [5.74, 6) is 2.52. The van der Waals surface area contributed by atoms with Gasteiger partial charge in [-0.25, -0.2) is 4.98 Å². The van der Waals surface area contributed by atoms with Gasteiger partial charge in [-0.2, -0.15) is 10.2 Å². The number of amides is 1. The van der Waals surface area contributed by atoms with Gasteiger partial charge in [0.05, 0.1) is 24.9 Å². The van der Waals surface area contributed by atoms with Crippen LogP contribution in [0.3, 0.4) is 0 Å². The van der Waals surface area contributed by atoms with Gasteiger partial charge in [-0.05, 0) is 43.9 Å². The number of pyridine rings is 1. The van der Waals surface area contributed by atoms with Crippen molar-refractivity contribution in [2.45, 2.75) is 77.5 Å². The molecule has 10 nitrogen and oxygen atoms in total. The number of carbonyl (C=O) groups excluding carboxylic acids is 1. The van der Waals surface area contributed by atoms with Crippen LogP contribution in [0.2, 0.25) is 0 Å². The Labute approximate surface area is 223 Å². The molecule has 0 radical (unpaired) electrons. The summed E-state index contributed by atoms with van der Waals surface area (Å²) in [4.78, 5) is 18.9. The van der Waals surface area contributed by atoms with Gasteiger partial charge in [0.25, 0.3) is 0 Å². The standard InChI is InChI=1S/C28H38N8O2/c1-18-22-14-25(30-26-15-23(28(2,3)4)36(33-26)21-8-12-38-17-21)32-35(22)11-10-34(18)16-19-7-9-29-24(13-19)31-27(37)20-5-6-20/h7,9,13-15,18,20-21H,5-6,8,10-12,16-17H2,1-4H3,(H,29,31,37)(H,30,32,33). The predicted octanol–water partition coefficient (Wildman–Crippen LogP) is 4.40. The van der Waals surface area contributed by atoms with Gasteiger partial charge in [0.1, 0.15) is 5.82 Å². The Morgan fingerprint density at radius 3 is 2.63 bits per heavy atom. The van der Waals surface area contributed by atoms with E-state index in [1.165, 1.54) is 11.4 Å². The average molecular weight is 519 g/mol. The quantitative estimate of drug-likeness (QED) is 0.478. The number of fused-ring (bicyclic) bond motifs is 1. The van der Waals surface area contributed by atoms with Crippen LogP contribution in [0.5, 0.6) is 0 Å². The first kappa shape index (κ1) is 25.1. The molecule has 2 N–H and O–H groups in total. The zero-order chi connectivity index (χ0) is 26.4. The van der Waals surface area contributed by atoms with Crippen molar-refractivity contribution >= 4 is 23.4 Å². The van der Waals surface area contributed by atoms with E-state index < -0.39 is 0 Å². The van der Waals surface area contributed by atoms with E-state index in [0.717, 1.165) is 62.7 Å². The smallest absolute Gasteiger partial charge is 0.228 e. The second-order valence-electron chi connectivity index (χ2n) is 11.9. The van der Waals surface area contributed by atoms with Crippen molar-refractivity contribution in [1.29, 1.82) is 0 Å². The van der Waals surface area contributed by atoms with E-state index >= 15 is 0 Å². The zero-order valence-electron chi connectivity index (χ0n) is 22.8. The van der Waals surface area contributed by atoms with E-state index in [-0.39, 0.29) is 29.3 Å². The second-order valence-corrected chi connectivity index (χ2v) is 11.9. The molecule has 3 aliphatic rings. The lowest BCUT2D eigenvalue weighted by atomic mass is 9.91. The maximum absolute atomic E-state index is 12.1. The molecule has 6 rings (SSSR count). The van der Waals surface area contributed by atoms with Crippen LogP contribution in [0.4, 0.5) is 17.5 Å². The number of aromatic nitrogens is 5. The van der Waals surface area contributed by atoms with E-state index in [0.29, 0.717) is 12.4 Å². The molecule has 2 aliphatic heterocycles. The Hall–Kier alpha value is -3.24. The number of nitrogens with one attached hydrogen (secondary N) is 2. The lowest BCUT2D eigenvalue weighted by Crippen LogP contribution is -2.36. The predicted molar refractivity (Wildman–Crippen MR) is 145 cm³/mol. The fraction of sp³-hybridized carbons (Fsp3) is 0.571. The highest BCUT2D eigenvalue weighted by Crippen LogP contribution is 2.33. The lowest BCUT2D eigenvalue weighted by Gasteiger charge is -2.33. The molecule has 1 saturated carbocycles. The van der Waals surface area contributed by atoms with E-state index in [9.17, 15) is 4.79 Å². The third kappa shape index (κ3) is 5.19. The molecule has 2 fully saturated rings. The Kier molecular flexibility index (Phi) is 6.47. The van der Waals surface area contributed by atoms with Crippen molar-refractivity contribution in [2.24, 2.45) is 5.92 Å². The van der Waals surface area contributed by atoms with Crippen LogP contribution in [0.25, 0.3) is 0 Å². The van der Waals surface area contributed by atoms with E-state index in [2.05, 4.69) is 69.7 Å². The van der Waals surface area contributed by atoms with Crippen LogP contribution in [-0.2, 0) is 28.0 Å². The third-order valence-corrected chi connectivity index (χ3v) is 7.81. The number of hydrogen-bond acceptors (Lipinski definition) is 7. The fourth-order valence-electron chi connectivity index (χ4n) is 5.42. The maximum atomic E-state index is 12.1. The molecule has 202 valence electrons. The molecule has 3 aromatic rings. The molecular weight excluding hydrogens is 480 g/mol. The van der Waals surface area contributed by atoms with Gasteiger partial charge in [-0.1, -0.05) is 20.8 Å². The van der Waals surface area contributed by atoms with Crippen molar-refractivity contribution in [3.63, 3.8) is 0 Å². The van der Waals surface area contributed by atoms with Crippen LogP contribution in [0.15, 0.2) is 30.5 Å². The van der Waals surface area contributed by atoms with Crippen LogP contribution in [0, 0.1) is 5.92 Å². The molecule has 1 saturated heterocycles. The van der Waals surface area contributed by atoms with Gasteiger partial charge >= 0.3 is 0 Å².